The predicted molar refractivity (Wildman–Crippen MR) is 75.1 cm³/mol. The molecule has 1 aromatic rings. The molecule has 1 aromatic carbocycles. The van der Waals surface area contributed by atoms with Gasteiger partial charge in [0.05, 0.1) is 6.61 Å². The first-order valence-corrected chi connectivity index (χ1v) is 6.98. The molecule has 0 aliphatic carbocycles. The molecule has 3 nitrogen and oxygen atoms in total. The molecule has 0 saturated heterocycles. The van der Waals surface area contributed by atoms with Crippen molar-refractivity contribution in [2.45, 2.75) is 39.3 Å². The Morgan fingerprint density at radius 1 is 1.39 bits per heavy atom. The second-order valence-corrected chi connectivity index (χ2v) is 5.03. The summed E-state index contributed by atoms with van der Waals surface area (Å²) in [6.07, 6.45) is 2.24. The van der Waals surface area contributed by atoms with Crippen LogP contribution in [0.5, 0.6) is 5.75 Å². The van der Waals surface area contributed by atoms with Gasteiger partial charge in [0, 0.05) is 25.6 Å². The summed E-state index contributed by atoms with van der Waals surface area (Å²) < 4.78 is 5.51. The summed E-state index contributed by atoms with van der Waals surface area (Å²) in [5.41, 5.74) is 2.70. The van der Waals surface area contributed by atoms with Gasteiger partial charge < -0.3 is 15.4 Å². The van der Waals surface area contributed by atoms with Crippen LogP contribution in [0.2, 0.25) is 0 Å². The van der Waals surface area contributed by atoms with Gasteiger partial charge in [-0.2, -0.15) is 0 Å². The highest BCUT2D eigenvalue weighted by atomic mass is 16.5. The van der Waals surface area contributed by atoms with Gasteiger partial charge in [0.15, 0.2) is 0 Å². The molecule has 1 atom stereocenters. The molecular weight excluding hydrogens is 224 g/mol. The van der Waals surface area contributed by atoms with Gasteiger partial charge in [-0.25, -0.2) is 0 Å². The van der Waals surface area contributed by atoms with E-state index in [0.29, 0.717) is 6.04 Å². The van der Waals surface area contributed by atoms with Crippen LogP contribution >= 0.6 is 0 Å². The van der Waals surface area contributed by atoms with Crippen molar-refractivity contribution in [1.29, 1.82) is 0 Å². The Kier molecular flexibility index (Phi) is 5.02. The van der Waals surface area contributed by atoms with Crippen LogP contribution in [0, 0.1) is 0 Å². The second kappa shape index (κ2) is 6.76. The van der Waals surface area contributed by atoms with E-state index in [2.05, 4.69) is 42.7 Å². The lowest BCUT2D eigenvalue weighted by molar-refractivity contribution is 0.357. The molecule has 2 N–H and O–H groups in total. The molecule has 1 unspecified atom stereocenters. The van der Waals surface area contributed by atoms with Gasteiger partial charge in [0.2, 0.25) is 0 Å². The highest BCUT2D eigenvalue weighted by molar-refractivity contribution is 5.39. The van der Waals surface area contributed by atoms with Crippen LogP contribution in [0.4, 0.5) is 0 Å². The lowest BCUT2D eigenvalue weighted by atomic mass is 10.1. The fraction of sp³-hybridized carbons (Fsp3) is 0.600. The van der Waals surface area contributed by atoms with E-state index in [4.69, 9.17) is 4.74 Å². The van der Waals surface area contributed by atoms with E-state index in [-0.39, 0.29) is 0 Å². The Morgan fingerprint density at radius 2 is 2.28 bits per heavy atom. The first kappa shape index (κ1) is 13.4. The minimum Gasteiger partial charge on any atom is -0.493 e. The van der Waals surface area contributed by atoms with E-state index in [1.807, 2.05) is 0 Å². The van der Waals surface area contributed by atoms with Crippen LogP contribution in [-0.2, 0) is 13.0 Å². The van der Waals surface area contributed by atoms with Crippen molar-refractivity contribution in [3.05, 3.63) is 29.3 Å². The van der Waals surface area contributed by atoms with Crippen LogP contribution < -0.4 is 15.4 Å². The van der Waals surface area contributed by atoms with Crippen LogP contribution in [0.25, 0.3) is 0 Å². The summed E-state index contributed by atoms with van der Waals surface area (Å²) in [7, 11) is 0. The molecule has 18 heavy (non-hydrogen) atoms. The minimum atomic E-state index is 0.501. The molecule has 100 valence electrons. The number of ether oxygens (including phenoxy) is 1. The molecule has 3 heteroatoms. The molecule has 1 heterocycles. The van der Waals surface area contributed by atoms with Crippen molar-refractivity contribution in [3.63, 3.8) is 0 Å². The number of nitrogens with one attached hydrogen (secondary N) is 2. The standard InChI is InChI=1S/C15H24N2O/c1-3-7-16-10-12(2)17-11-13-4-5-15-14(9-13)6-8-18-15/h4-5,9,12,16-17H,3,6-8,10-11H2,1-2H3. The van der Waals surface area contributed by atoms with E-state index in [1.54, 1.807) is 0 Å². The number of hydrogen-bond acceptors (Lipinski definition) is 3. The van der Waals surface area contributed by atoms with Crippen LogP contribution in [0.3, 0.4) is 0 Å². The molecular formula is C15H24N2O. The van der Waals surface area contributed by atoms with E-state index in [1.165, 1.54) is 17.5 Å². The van der Waals surface area contributed by atoms with Crippen molar-refractivity contribution in [2.75, 3.05) is 19.7 Å². The van der Waals surface area contributed by atoms with Gasteiger partial charge in [-0.1, -0.05) is 19.1 Å². The molecule has 0 fully saturated rings. The maximum absolute atomic E-state index is 5.51. The highest BCUT2D eigenvalue weighted by Crippen LogP contribution is 2.25. The lowest BCUT2D eigenvalue weighted by Gasteiger charge is -2.14. The van der Waals surface area contributed by atoms with Gasteiger partial charge in [-0.3, -0.25) is 0 Å². The molecule has 0 aromatic heterocycles. The van der Waals surface area contributed by atoms with Crippen LogP contribution in [0.15, 0.2) is 18.2 Å². The summed E-state index contributed by atoms with van der Waals surface area (Å²) in [6, 6.07) is 7.02. The zero-order valence-electron chi connectivity index (χ0n) is 11.5. The van der Waals surface area contributed by atoms with E-state index < -0.39 is 0 Å². The molecule has 2 rings (SSSR count). The number of fused-ring (bicyclic) bond motifs is 1. The van der Waals surface area contributed by atoms with Crippen molar-refractivity contribution in [3.8, 4) is 5.75 Å². The summed E-state index contributed by atoms with van der Waals surface area (Å²) in [6.45, 7) is 8.31. The first-order valence-electron chi connectivity index (χ1n) is 6.98. The highest BCUT2D eigenvalue weighted by Gasteiger charge is 2.12. The minimum absolute atomic E-state index is 0.501. The molecule has 0 amide bonds. The largest absolute Gasteiger partial charge is 0.493 e. The Labute approximate surface area is 110 Å². The van der Waals surface area contributed by atoms with Gasteiger partial charge in [0.1, 0.15) is 5.75 Å². The van der Waals surface area contributed by atoms with Crippen LogP contribution in [0.1, 0.15) is 31.4 Å². The quantitative estimate of drug-likeness (QED) is 0.725. The smallest absolute Gasteiger partial charge is 0.122 e. The molecule has 1 aliphatic heterocycles. The predicted octanol–water partition coefficient (Wildman–Crippen LogP) is 2.10. The Hall–Kier alpha value is -1.06. The SMILES string of the molecule is CCCNCC(C)NCc1ccc2c(c1)CCO2. The number of rotatable bonds is 7. The summed E-state index contributed by atoms with van der Waals surface area (Å²) in [5.74, 6) is 1.07. The van der Waals surface area contributed by atoms with Crippen molar-refractivity contribution in [2.24, 2.45) is 0 Å². The summed E-state index contributed by atoms with van der Waals surface area (Å²) in [5, 5.41) is 6.98. The third-order valence-corrected chi connectivity index (χ3v) is 3.29. The van der Waals surface area contributed by atoms with Crippen LogP contribution in [-0.4, -0.2) is 25.7 Å². The molecule has 0 bridgehead atoms. The Morgan fingerprint density at radius 3 is 3.11 bits per heavy atom. The van der Waals surface area contributed by atoms with E-state index in [0.717, 1.165) is 38.4 Å². The molecule has 0 saturated carbocycles. The van der Waals surface area contributed by atoms with Crippen molar-refractivity contribution >= 4 is 0 Å². The van der Waals surface area contributed by atoms with Gasteiger partial charge in [0.25, 0.3) is 0 Å². The zero-order valence-corrected chi connectivity index (χ0v) is 11.5. The fourth-order valence-corrected chi connectivity index (χ4v) is 2.21. The monoisotopic (exact) mass is 248 g/mol. The van der Waals surface area contributed by atoms with Gasteiger partial charge in [-0.15, -0.1) is 0 Å². The van der Waals surface area contributed by atoms with E-state index in [9.17, 15) is 0 Å². The maximum atomic E-state index is 5.51. The topological polar surface area (TPSA) is 33.3 Å². The first-order chi connectivity index (χ1) is 8.79. The number of hydrogen-bond donors (Lipinski definition) is 2. The van der Waals surface area contributed by atoms with Gasteiger partial charge >= 0.3 is 0 Å². The molecule has 0 radical (unpaired) electrons. The maximum Gasteiger partial charge on any atom is 0.122 e. The zero-order chi connectivity index (χ0) is 12.8. The number of benzene rings is 1. The fourth-order valence-electron chi connectivity index (χ4n) is 2.21. The third kappa shape index (κ3) is 3.72. The Bertz CT molecular complexity index is 379. The second-order valence-electron chi connectivity index (χ2n) is 5.03. The summed E-state index contributed by atoms with van der Waals surface area (Å²) >= 11 is 0. The Balaban J connectivity index is 1.76. The normalized spacial score (nSPS) is 15.2. The van der Waals surface area contributed by atoms with Crippen molar-refractivity contribution < 1.29 is 4.74 Å². The molecule has 1 aliphatic rings. The third-order valence-electron chi connectivity index (χ3n) is 3.29. The van der Waals surface area contributed by atoms with E-state index >= 15 is 0 Å². The lowest BCUT2D eigenvalue weighted by Crippen LogP contribution is -2.36. The summed E-state index contributed by atoms with van der Waals surface area (Å²) in [4.78, 5) is 0. The van der Waals surface area contributed by atoms with Crippen molar-refractivity contribution in [1.82, 2.24) is 10.6 Å². The molecule has 0 spiro atoms. The average Bonchev–Trinajstić information content (AvgIpc) is 2.84. The van der Waals surface area contributed by atoms with Gasteiger partial charge in [-0.05, 0) is 37.1 Å². The average molecular weight is 248 g/mol.